The van der Waals surface area contributed by atoms with E-state index in [9.17, 15) is 14.4 Å². The van der Waals surface area contributed by atoms with Gasteiger partial charge in [0.1, 0.15) is 35.6 Å². The molecule has 0 aliphatic carbocycles. The van der Waals surface area contributed by atoms with Crippen LogP contribution in [0.4, 0.5) is 4.39 Å². The number of halogens is 1. The average molecular weight is 519 g/mol. The Balaban J connectivity index is 1.41. The van der Waals surface area contributed by atoms with Crippen LogP contribution in [-0.2, 0) is 17.9 Å². The van der Waals surface area contributed by atoms with Crippen molar-refractivity contribution in [3.63, 3.8) is 0 Å². The number of hydrogen-bond donors (Lipinski definition) is 1. The number of amides is 1. The molecular formula is C31H23FN4O3. The van der Waals surface area contributed by atoms with Gasteiger partial charge in [0.15, 0.2) is 0 Å². The van der Waals surface area contributed by atoms with Crippen molar-refractivity contribution in [1.82, 2.24) is 15.1 Å². The number of nitriles is 1. The van der Waals surface area contributed by atoms with E-state index in [0.717, 1.165) is 16.8 Å². The Morgan fingerprint density at radius 3 is 2.49 bits per heavy atom. The molecule has 0 atom stereocenters. The molecule has 7 nitrogen and oxygen atoms in total. The summed E-state index contributed by atoms with van der Waals surface area (Å²) in [4.78, 5) is 12.7. The summed E-state index contributed by atoms with van der Waals surface area (Å²) in [5.41, 5.74) is 3.59. The van der Waals surface area contributed by atoms with Crippen molar-refractivity contribution < 1.29 is 18.3 Å². The van der Waals surface area contributed by atoms with E-state index in [1.54, 1.807) is 35.1 Å². The van der Waals surface area contributed by atoms with Gasteiger partial charge in [0, 0.05) is 17.3 Å². The highest BCUT2D eigenvalue weighted by Gasteiger charge is 2.16. The highest BCUT2D eigenvalue weighted by molar-refractivity contribution is 6.02. The summed E-state index contributed by atoms with van der Waals surface area (Å²) in [5.74, 6) is 0.409. The van der Waals surface area contributed by atoms with Crippen molar-refractivity contribution in [1.29, 1.82) is 5.26 Å². The van der Waals surface area contributed by atoms with Gasteiger partial charge >= 0.3 is 0 Å². The minimum atomic E-state index is -0.517. The summed E-state index contributed by atoms with van der Waals surface area (Å²) in [5, 5.41) is 17.2. The number of hydrogen-bond acceptors (Lipinski definition) is 5. The van der Waals surface area contributed by atoms with Crippen LogP contribution in [0.3, 0.4) is 0 Å². The molecule has 1 amide bonds. The third-order valence-electron chi connectivity index (χ3n) is 5.88. The largest absolute Gasteiger partial charge is 0.489 e. The molecule has 0 saturated heterocycles. The summed E-state index contributed by atoms with van der Waals surface area (Å²) in [6, 6.07) is 28.5. The minimum Gasteiger partial charge on any atom is -0.489 e. The summed E-state index contributed by atoms with van der Waals surface area (Å²) >= 11 is 0. The van der Waals surface area contributed by atoms with Crippen molar-refractivity contribution in [3.05, 3.63) is 132 Å². The molecule has 39 heavy (non-hydrogen) atoms. The van der Waals surface area contributed by atoms with Crippen LogP contribution in [0.2, 0.25) is 0 Å². The smallest absolute Gasteiger partial charge is 0.262 e. The lowest BCUT2D eigenvalue weighted by Gasteiger charge is -2.07. The van der Waals surface area contributed by atoms with E-state index in [1.165, 1.54) is 24.5 Å². The lowest BCUT2D eigenvalue weighted by Crippen LogP contribution is -2.23. The van der Waals surface area contributed by atoms with E-state index in [0.29, 0.717) is 29.4 Å². The van der Waals surface area contributed by atoms with Crippen LogP contribution in [0.1, 0.15) is 16.9 Å². The van der Waals surface area contributed by atoms with Gasteiger partial charge in [-0.2, -0.15) is 10.4 Å². The van der Waals surface area contributed by atoms with Gasteiger partial charge in [-0.3, -0.25) is 4.79 Å². The van der Waals surface area contributed by atoms with E-state index in [1.807, 2.05) is 60.7 Å². The molecule has 8 heteroatoms. The fourth-order valence-electron chi connectivity index (χ4n) is 3.87. The van der Waals surface area contributed by atoms with Crippen molar-refractivity contribution in [2.24, 2.45) is 0 Å². The van der Waals surface area contributed by atoms with Crippen LogP contribution in [0.15, 0.2) is 113 Å². The molecular weight excluding hydrogens is 495 g/mol. The van der Waals surface area contributed by atoms with Crippen LogP contribution >= 0.6 is 0 Å². The third kappa shape index (κ3) is 6.29. The number of nitrogens with zero attached hydrogens (tertiary/aromatic N) is 3. The van der Waals surface area contributed by atoms with Gasteiger partial charge in [0.2, 0.25) is 0 Å². The molecule has 5 rings (SSSR count). The lowest BCUT2D eigenvalue weighted by molar-refractivity contribution is -0.117. The molecule has 2 heterocycles. The summed E-state index contributed by atoms with van der Waals surface area (Å²) in [6.45, 7) is 0.468. The Kier molecular flexibility index (Phi) is 7.61. The number of aromatic nitrogens is 2. The third-order valence-corrected chi connectivity index (χ3v) is 5.88. The first kappa shape index (κ1) is 25.2. The van der Waals surface area contributed by atoms with Gasteiger partial charge < -0.3 is 14.5 Å². The Morgan fingerprint density at radius 1 is 1.03 bits per heavy atom. The second-order valence-electron chi connectivity index (χ2n) is 8.58. The van der Waals surface area contributed by atoms with Crippen LogP contribution in [0, 0.1) is 17.1 Å². The summed E-state index contributed by atoms with van der Waals surface area (Å²) < 4.78 is 25.9. The van der Waals surface area contributed by atoms with Gasteiger partial charge in [-0.25, -0.2) is 9.07 Å². The predicted octanol–water partition coefficient (Wildman–Crippen LogP) is 6.07. The molecule has 0 bridgehead atoms. The van der Waals surface area contributed by atoms with E-state index in [4.69, 9.17) is 14.3 Å². The van der Waals surface area contributed by atoms with Gasteiger partial charge in [-0.15, -0.1) is 0 Å². The van der Waals surface area contributed by atoms with Crippen LogP contribution in [0.25, 0.3) is 23.0 Å². The molecule has 0 fully saturated rings. The highest BCUT2D eigenvalue weighted by Crippen LogP contribution is 2.28. The Labute approximate surface area is 224 Å². The number of benzene rings is 3. The number of nitrogens with one attached hydrogen (secondary N) is 1. The van der Waals surface area contributed by atoms with Crippen molar-refractivity contribution in [2.75, 3.05) is 0 Å². The summed E-state index contributed by atoms with van der Waals surface area (Å²) in [7, 11) is 0. The molecule has 3 aromatic carbocycles. The van der Waals surface area contributed by atoms with Crippen molar-refractivity contribution in [2.45, 2.75) is 13.2 Å². The maximum atomic E-state index is 13.1. The number of rotatable bonds is 9. The number of para-hydroxylation sites is 1. The first-order valence-electron chi connectivity index (χ1n) is 12.1. The molecule has 1 N–H and O–H groups in total. The Hall–Kier alpha value is -5.42. The van der Waals surface area contributed by atoms with Gasteiger partial charge in [-0.1, -0.05) is 30.3 Å². The maximum Gasteiger partial charge on any atom is 0.262 e. The highest BCUT2D eigenvalue weighted by atomic mass is 19.1. The van der Waals surface area contributed by atoms with Crippen LogP contribution in [-0.4, -0.2) is 15.7 Å². The molecule has 0 spiro atoms. The summed E-state index contributed by atoms with van der Waals surface area (Å²) in [6.07, 6.45) is 4.82. The fraction of sp³-hybridized carbons (Fsp3) is 0.0645. The second-order valence-corrected chi connectivity index (χ2v) is 8.58. The topological polar surface area (TPSA) is 93.1 Å². The average Bonchev–Trinajstić information content (AvgIpc) is 3.65. The first-order valence-corrected chi connectivity index (χ1v) is 12.1. The molecule has 0 aliphatic rings. The normalized spacial score (nSPS) is 11.1. The zero-order chi connectivity index (χ0) is 27.0. The Bertz CT molecular complexity index is 1620. The molecule has 5 aromatic rings. The monoisotopic (exact) mass is 518 g/mol. The van der Waals surface area contributed by atoms with Crippen LogP contribution in [0.5, 0.6) is 5.75 Å². The zero-order valence-electron chi connectivity index (χ0n) is 20.8. The SMILES string of the molecule is N#C/C(=C\c1cn(-c2ccccc2)nc1-c1ccc(OCc2ccc(F)cc2)cc1)C(=O)NCc1ccco1. The van der Waals surface area contributed by atoms with Gasteiger partial charge in [0.25, 0.3) is 5.91 Å². The van der Waals surface area contributed by atoms with Crippen LogP contribution < -0.4 is 10.1 Å². The van der Waals surface area contributed by atoms with E-state index in [-0.39, 0.29) is 17.9 Å². The fourth-order valence-corrected chi connectivity index (χ4v) is 3.87. The lowest BCUT2D eigenvalue weighted by atomic mass is 10.1. The molecule has 0 radical (unpaired) electrons. The quantitative estimate of drug-likeness (QED) is 0.189. The maximum absolute atomic E-state index is 13.1. The molecule has 192 valence electrons. The second kappa shape index (κ2) is 11.8. The van der Waals surface area contributed by atoms with Gasteiger partial charge in [-0.05, 0) is 72.3 Å². The predicted molar refractivity (Wildman–Crippen MR) is 144 cm³/mol. The first-order chi connectivity index (χ1) is 19.1. The number of carbonyl (C=O) groups excluding carboxylic acids is 1. The standard InChI is InChI=1S/C31H23FN4O3/c32-26-12-8-22(9-13-26)21-39-28-14-10-23(11-15-28)30-25(20-36(35-30)27-5-2-1-3-6-27)17-24(18-33)31(37)34-19-29-7-4-16-38-29/h1-17,20H,19,21H2,(H,34,37)/b24-17+. The van der Waals surface area contributed by atoms with E-state index >= 15 is 0 Å². The van der Waals surface area contributed by atoms with Gasteiger partial charge in [0.05, 0.1) is 24.2 Å². The van der Waals surface area contributed by atoms with Crippen molar-refractivity contribution in [3.8, 4) is 28.8 Å². The molecule has 0 aliphatic heterocycles. The number of furan rings is 1. The zero-order valence-corrected chi connectivity index (χ0v) is 20.8. The van der Waals surface area contributed by atoms with E-state index in [2.05, 4.69) is 5.32 Å². The molecule has 0 saturated carbocycles. The number of carbonyl (C=O) groups is 1. The van der Waals surface area contributed by atoms with E-state index < -0.39 is 5.91 Å². The Morgan fingerprint density at radius 2 is 1.79 bits per heavy atom. The van der Waals surface area contributed by atoms with Crippen molar-refractivity contribution >= 4 is 12.0 Å². The molecule has 2 aromatic heterocycles. The minimum absolute atomic E-state index is 0.0605. The molecule has 0 unspecified atom stereocenters. The number of ether oxygens (including phenoxy) is 1.